The van der Waals surface area contributed by atoms with Crippen LogP contribution in [0.2, 0.25) is 0 Å². The molecule has 20 heavy (non-hydrogen) atoms. The molecule has 0 spiro atoms. The van der Waals surface area contributed by atoms with E-state index in [0.29, 0.717) is 17.6 Å². The molecule has 2 N–H and O–H groups in total. The Hall–Kier alpha value is -1.92. The summed E-state index contributed by atoms with van der Waals surface area (Å²) >= 11 is 0. The van der Waals surface area contributed by atoms with Crippen LogP contribution in [-0.4, -0.2) is 28.0 Å². The summed E-state index contributed by atoms with van der Waals surface area (Å²) < 4.78 is 0. The van der Waals surface area contributed by atoms with E-state index in [1.807, 2.05) is 6.92 Å². The quantitative estimate of drug-likeness (QED) is 0.589. The Labute approximate surface area is 119 Å². The third-order valence-corrected chi connectivity index (χ3v) is 3.30. The largest absolute Gasteiger partial charge is 0.362 e. The average molecular weight is 281 g/mol. The van der Waals surface area contributed by atoms with Crippen molar-refractivity contribution in [1.82, 2.24) is 9.97 Å². The minimum Gasteiger partial charge on any atom is -0.362 e. The van der Waals surface area contributed by atoms with E-state index in [4.69, 9.17) is 0 Å². The number of hydrogen-bond acceptors (Lipinski definition) is 6. The van der Waals surface area contributed by atoms with E-state index >= 15 is 0 Å². The topological polar surface area (TPSA) is 93.0 Å². The van der Waals surface area contributed by atoms with Crippen LogP contribution in [0.25, 0.3) is 0 Å². The third-order valence-electron chi connectivity index (χ3n) is 3.30. The Balaban J connectivity index is 3.02. The molecular formula is C13H23N5O2. The van der Waals surface area contributed by atoms with Crippen molar-refractivity contribution < 1.29 is 4.92 Å². The zero-order valence-electron chi connectivity index (χ0n) is 12.7. The van der Waals surface area contributed by atoms with Gasteiger partial charge in [-0.15, -0.1) is 0 Å². The highest BCUT2D eigenvalue weighted by Gasteiger charge is 2.23. The Morgan fingerprint density at radius 3 is 2.50 bits per heavy atom. The minimum absolute atomic E-state index is 0.0556. The highest BCUT2D eigenvalue weighted by atomic mass is 16.6. The molecule has 0 aliphatic heterocycles. The van der Waals surface area contributed by atoms with E-state index in [1.165, 1.54) is 0 Å². The summed E-state index contributed by atoms with van der Waals surface area (Å²) in [7, 11) is 1.69. The van der Waals surface area contributed by atoms with E-state index in [0.717, 1.165) is 12.8 Å². The fraction of sp³-hybridized carbons (Fsp3) is 0.692. The van der Waals surface area contributed by atoms with Crippen LogP contribution < -0.4 is 10.6 Å². The number of aromatic nitrogens is 2. The monoisotopic (exact) mass is 281 g/mol. The molecule has 0 aliphatic rings. The Morgan fingerprint density at radius 2 is 2.00 bits per heavy atom. The molecule has 0 fully saturated rings. The van der Waals surface area contributed by atoms with Gasteiger partial charge < -0.3 is 10.6 Å². The maximum Gasteiger partial charge on any atom is 0.332 e. The van der Waals surface area contributed by atoms with Crippen molar-refractivity contribution in [1.29, 1.82) is 0 Å². The van der Waals surface area contributed by atoms with Gasteiger partial charge in [-0.25, -0.2) is 4.98 Å². The molecule has 1 rings (SSSR count). The summed E-state index contributed by atoms with van der Waals surface area (Å²) in [6.07, 6.45) is 2.02. The Morgan fingerprint density at radius 1 is 1.35 bits per heavy atom. The van der Waals surface area contributed by atoms with E-state index in [-0.39, 0.29) is 17.5 Å². The number of hydrogen-bond donors (Lipinski definition) is 2. The van der Waals surface area contributed by atoms with Gasteiger partial charge in [-0.05, 0) is 26.2 Å². The summed E-state index contributed by atoms with van der Waals surface area (Å²) in [4.78, 5) is 19.0. The normalized spacial score (nSPS) is 13.7. The summed E-state index contributed by atoms with van der Waals surface area (Å²) in [6.45, 7) is 7.92. The predicted molar refractivity (Wildman–Crippen MR) is 80.1 cm³/mol. The number of rotatable bonds is 7. The van der Waals surface area contributed by atoms with Gasteiger partial charge in [-0.2, -0.15) is 4.98 Å². The first-order valence-electron chi connectivity index (χ1n) is 6.86. The molecular weight excluding hydrogens is 258 g/mol. The molecule has 0 aromatic carbocycles. The summed E-state index contributed by atoms with van der Waals surface area (Å²) in [5.74, 6) is 1.22. The maximum atomic E-state index is 11.2. The van der Waals surface area contributed by atoms with Crippen molar-refractivity contribution in [2.24, 2.45) is 5.92 Å². The lowest BCUT2D eigenvalue weighted by Gasteiger charge is -2.18. The van der Waals surface area contributed by atoms with Crippen molar-refractivity contribution >= 4 is 17.5 Å². The number of nitrogens with one attached hydrogen (secondary N) is 2. The van der Waals surface area contributed by atoms with Crippen LogP contribution in [0, 0.1) is 23.0 Å². The van der Waals surface area contributed by atoms with Crippen LogP contribution in [-0.2, 0) is 0 Å². The van der Waals surface area contributed by atoms with Gasteiger partial charge in [0.15, 0.2) is 0 Å². The van der Waals surface area contributed by atoms with Crippen molar-refractivity contribution in [2.75, 3.05) is 17.7 Å². The molecule has 1 heterocycles. The summed E-state index contributed by atoms with van der Waals surface area (Å²) in [6, 6.07) is 0.114. The highest BCUT2D eigenvalue weighted by Crippen LogP contribution is 2.27. The second kappa shape index (κ2) is 7.02. The van der Waals surface area contributed by atoms with E-state index in [9.17, 15) is 10.1 Å². The molecule has 2 unspecified atom stereocenters. The second-order valence-electron chi connectivity index (χ2n) is 5.13. The van der Waals surface area contributed by atoms with Crippen LogP contribution in [0.5, 0.6) is 0 Å². The molecule has 0 radical (unpaired) electrons. The van der Waals surface area contributed by atoms with Gasteiger partial charge in [0.25, 0.3) is 0 Å². The molecule has 112 valence electrons. The van der Waals surface area contributed by atoms with Crippen molar-refractivity contribution in [3.63, 3.8) is 0 Å². The molecule has 1 aromatic heterocycles. The van der Waals surface area contributed by atoms with E-state index in [2.05, 4.69) is 34.4 Å². The first-order valence-corrected chi connectivity index (χ1v) is 6.86. The van der Waals surface area contributed by atoms with Crippen molar-refractivity contribution in [3.05, 3.63) is 15.8 Å². The molecule has 2 atom stereocenters. The van der Waals surface area contributed by atoms with Gasteiger partial charge in [-0.1, -0.05) is 20.3 Å². The molecule has 7 heteroatoms. The number of nitrogens with zero attached hydrogens (tertiary/aromatic N) is 3. The van der Waals surface area contributed by atoms with Crippen molar-refractivity contribution in [2.45, 2.75) is 46.6 Å². The van der Waals surface area contributed by atoms with Gasteiger partial charge in [0.1, 0.15) is 5.69 Å². The first-order chi connectivity index (χ1) is 9.38. The lowest BCUT2D eigenvalue weighted by Crippen LogP contribution is -2.20. The Bertz CT molecular complexity index is 478. The molecule has 0 amide bonds. The van der Waals surface area contributed by atoms with E-state index < -0.39 is 4.92 Å². The number of anilines is 2. The van der Waals surface area contributed by atoms with Gasteiger partial charge >= 0.3 is 5.69 Å². The minimum atomic E-state index is -0.437. The summed E-state index contributed by atoms with van der Waals surface area (Å²) in [5, 5.41) is 17.1. The zero-order valence-corrected chi connectivity index (χ0v) is 12.7. The average Bonchev–Trinajstić information content (AvgIpc) is 2.36. The van der Waals surface area contributed by atoms with E-state index in [1.54, 1.807) is 14.0 Å². The van der Waals surface area contributed by atoms with Gasteiger partial charge in [-0.3, -0.25) is 10.1 Å². The molecule has 0 saturated carbocycles. The van der Waals surface area contributed by atoms with Crippen LogP contribution in [0.3, 0.4) is 0 Å². The number of aryl methyl sites for hydroxylation is 1. The standard InChI is InChI=1S/C13H23N5O2/c1-6-8(2)7-9(3)15-12-11(18(19)20)10(4)16-13(14-5)17-12/h8-9H,6-7H2,1-5H3,(H2,14,15,16,17). The number of nitro groups is 1. The van der Waals surface area contributed by atoms with Crippen LogP contribution in [0.15, 0.2) is 0 Å². The molecule has 7 nitrogen and oxygen atoms in total. The highest BCUT2D eigenvalue weighted by molar-refractivity contribution is 5.61. The molecule has 0 saturated heterocycles. The lowest BCUT2D eigenvalue weighted by molar-refractivity contribution is -0.385. The Kier molecular flexibility index (Phi) is 5.66. The second-order valence-corrected chi connectivity index (χ2v) is 5.13. The third kappa shape index (κ3) is 4.04. The molecule has 0 aliphatic carbocycles. The first kappa shape index (κ1) is 16.1. The zero-order chi connectivity index (χ0) is 15.3. The molecule has 0 bridgehead atoms. The van der Waals surface area contributed by atoms with Crippen molar-refractivity contribution in [3.8, 4) is 0 Å². The maximum absolute atomic E-state index is 11.2. The SMILES string of the molecule is CCC(C)CC(C)Nc1nc(NC)nc(C)c1[N+](=O)[O-]. The van der Waals surface area contributed by atoms with Gasteiger partial charge in [0.05, 0.1) is 4.92 Å². The fourth-order valence-electron chi connectivity index (χ4n) is 2.06. The lowest BCUT2D eigenvalue weighted by atomic mass is 10.0. The molecule has 1 aromatic rings. The smallest absolute Gasteiger partial charge is 0.332 e. The van der Waals surface area contributed by atoms with Crippen LogP contribution >= 0.6 is 0 Å². The fourth-order valence-corrected chi connectivity index (χ4v) is 2.06. The van der Waals surface area contributed by atoms with Gasteiger partial charge in [0.2, 0.25) is 11.8 Å². The predicted octanol–water partition coefficient (Wildman–Crippen LogP) is 2.97. The summed E-state index contributed by atoms with van der Waals surface area (Å²) in [5.41, 5.74) is 0.299. The van der Waals surface area contributed by atoms with Crippen LogP contribution in [0.1, 0.15) is 39.3 Å². The van der Waals surface area contributed by atoms with Crippen LogP contribution in [0.4, 0.5) is 17.5 Å². The van der Waals surface area contributed by atoms with Gasteiger partial charge in [0, 0.05) is 13.1 Å².